The highest BCUT2D eigenvalue weighted by atomic mass is 16.3. The fourth-order valence-corrected chi connectivity index (χ4v) is 10.8. The van der Waals surface area contributed by atoms with Crippen LogP contribution in [0.1, 0.15) is 16.7 Å². The molecule has 0 N–H and O–H groups in total. The molecule has 2 heterocycles. The number of nitrogens with zero attached hydrogens (tertiary/aromatic N) is 2. The minimum absolute atomic E-state index is 0.115. The number of hydrogen-bond acceptors (Lipinski definition) is 4. The third kappa shape index (κ3) is 5.17. The third-order valence-electron chi connectivity index (χ3n) is 13.7. The number of rotatable bonds is 6. The second-order valence-corrected chi connectivity index (χ2v) is 17.1. The Hall–Kier alpha value is -8.34. The zero-order valence-corrected chi connectivity index (χ0v) is 34.7. The van der Waals surface area contributed by atoms with Crippen molar-refractivity contribution in [3.8, 4) is 0 Å². The standard InChI is InChI=1S/C60H38N2O2/c1-3-13-41-35-43(29-23-37(41)11-1)61(53-19-9-17-47-45-15-5-7-21-55(45)63-59(47)53)51-33-27-39-26-32-50-52(34-28-40-25-31-49(51)57(39)58(40)50)62(44-30-24-38-12-2-4-14-42(38)36-44)54-20-10-18-48-46-16-6-8-22-56(46)64-60(48)54/h1-25,27-36,52H,26H2. The number of para-hydroxylation sites is 4. The molecule has 1 unspecified atom stereocenters. The van der Waals surface area contributed by atoms with E-state index in [1.54, 1.807) is 0 Å². The molecular formula is C60H38N2O2. The van der Waals surface area contributed by atoms with Crippen LogP contribution in [0.15, 0.2) is 215 Å². The van der Waals surface area contributed by atoms with Gasteiger partial charge in [-0.15, -0.1) is 0 Å². The minimum atomic E-state index is -0.115. The number of furan rings is 2. The Kier molecular flexibility index (Phi) is 7.48. The zero-order chi connectivity index (χ0) is 41.9. The van der Waals surface area contributed by atoms with Crippen LogP contribution < -0.4 is 9.80 Å². The number of allylic oxidation sites excluding steroid dienone is 1. The molecule has 0 fully saturated rings. The summed E-state index contributed by atoms with van der Waals surface area (Å²) in [5.41, 5.74) is 14.0. The molecule has 2 aromatic heterocycles. The largest absolute Gasteiger partial charge is 0.454 e. The summed E-state index contributed by atoms with van der Waals surface area (Å²) in [6, 6.07) is 69.9. The molecule has 1 atom stereocenters. The SMILES string of the molecule is C1=CC(N(c2ccc3ccccc3c2)c2cccc3c2oc2ccccc23)C2=CCc3ccc(N(c4ccc5ccccc5c4)c4cccc5c4oc4ccccc45)c4ccc1c2c34. The number of anilines is 5. The van der Waals surface area contributed by atoms with Gasteiger partial charge in [-0.2, -0.15) is 0 Å². The van der Waals surface area contributed by atoms with Gasteiger partial charge in [-0.1, -0.05) is 158 Å². The van der Waals surface area contributed by atoms with E-state index in [0.29, 0.717) is 0 Å². The maximum Gasteiger partial charge on any atom is 0.159 e. The van der Waals surface area contributed by atoms with Crippen LogP contribution >= 0.6 is 0 Å². The lowest BCUT2D eigenvalue weighted by Gasteiger charge is -2.38. The van der Waals surface area contributed by atoms with Crippen molar-refractivity contribution >= 4 is 116 Å². The Balaban J connectivity index is 0.995. The van der Waals surface area contributed by atoms with Crippen molar-refractivity contribution in [3.05, 3.63) is 223 Å². The van der Waals surface area contributed by atoms with Gasteiger partial charge in [0.05, 0.1) is 23.1 Å². The fourth-order valence-electron chi connectivity index (χ4n) is 10.8. The summed E-state index contributed by atoms with van der Waals surface area (Å²) in [5, 5.41) is 11.8. The molecule has 14 rings (SSSR count). The molecule has 12 aromatic rings. The van der Waals surface area contributed by atoms with Gasteiger partial charge < -0.3 is 18.6 Å². The van der Waals surface area contributed by atoms with Gasteiger partial charge in [0.2, 0.25) is 0 Å². The zero-order valence-electron chi connectivity index (χ0n) is 34.7. The Morgan fingerprint density at radius 3 is 1.75 bits per heavy atom. The molecule has 10 aromatic carbocycles. The van der Waals surface area contributed by atoms with E-state index in [4.69, 9.17) is 8.83 Å². The summed E-state index contributed by atoms with van der Waals surface area (Å²) < 4.78 is 13.6. The quantitative estimate of drug-likeness (QED) is 0.167. The molecule has 300 valence electrons. The van der Waals surface area contributed by atoms with Gasteiger partial charge in [0.1, 0.15) is 11.2 Å². The molecule has 0 saturated carbocycles. The molecule has 2 aliphatic carbocycles. The molecule has 0 amide bonds. The van der Waals surface area contributed by atoms with E-state index in [0.717, 1.165) is 78.7 Å². The van der Waals surface area contributed by atoms with Gasteiger partial charge in [0.15, 0.2) is 11.2 Å². The molecule has 64 heavy (non-hydrogen) atoms. The summed E-state index contributed by atoms with van der Waals surface area (Å²) in [5.74, 6) is 0. The second kappa shape index (κ2) is 13.6. The molecule has 0 saturated heterocycles. The van der Waals surface area contributed by atoms with E-state index in [9.17, 15) is 0 Å². The maximum absolute atomic E-state index is 6.79. The van der Waals surface area contributed by atoms with Gasteiger partial charge >= 0.3 is 0 Å². The van der Waals surface area contributed by atoms with Crippen LogP contribution in [0.5, 0.6) is 0 Å². The smallest absolute Gasteiger partial charge is 0.159 e. The lowest BCUT2D eigenvalue weighted by atomic mass is 9.78. The van der Waals surface area contributed by atoms with E-state index in [-0.39, 0.29) is 6.04 Å². The van der Waals surface area contributed by atoms with Crippen LogP contribution in [0.2, 0.25) is 0 Å². The Labute approximate surface area is 368 Å². The highest BCUT2D eigenvalue weighted by Crippen LogP contribution is 2.51. The van der Waals surface area contributed by atoms with Crippen molar-refractivity contribution in [2.75, 3.05) is 9.80 Å². The topological polar surface area (TPSA) is 32.8 Å². The average molecular weight is 819 g/mol. The van der Waals surface area contributed by atoms with E-state index in [1.807, 2.05) is 12.1 Å². The first-order chi connectivity index (χ1) is 31.7. The van der Waals surface area contributed by atoms with Crippen LogP contribution in [-0.4, -0.2) is 6.04 Å². The molecular weight excluding hydrogens is 781 g/mol. The van der Waals surface area contributed by atoms with Gasteiger partial charge in [0.25, 0.3) is 0 Å². The van der Waals surface area contributed by atoms with E-state index in [1.165, 1.54) is 54.6 Å². The highest BCUT2D eigenvalue weighted by molar-refractivity contribution is 6.15. The molecule has 4 heteroatoms. The fraction of sp³-hybridized carbons (Fsp3) is 0.0333. The van der Waals surface area contributed by atoms with Crippen LogP contribution in [-0.2, 0) is 6.42 Å². The van der Waals surface area contributed by atoms with E-state index in [2.05, 4.69) is 210 Å². The van der Waals surface area contributed by atoms with Crippen molar-refractivity contribution in [2.24, 2.45) is 0 Å². The summed E-state index contributed by atoms with van der Waals surface area (Å²) in [7, 11) is 0. The minimum Gasteiger partial charge on any atom is -0.454 e. The van der Waals surface area contributed by atoms with Crippen LogP contribution in [0, 0.1) is 0 Å². The molecule has 2 aliphatic rings. The van der Waals surface area contributed by atoms with Gasteiger partial charge in [-0.25, -0.2) is 0 Å². The molecule has 0 spiro atoms. The summed E-state index contributed by atoms with van der Waals surface area (Å²) in [6.07, 6.45) is 8.01. The normalized spacial score (nSPS) is 14.4. The van der Waals surface area contributed by atoms with E-state index >= 15 is 0 Å². The maximum atomic E-state index is 6.79. The molecule has 4 nitrogen and oxygen atoms in total. The Morgan fingerprint density at radius 2 is 1.03 bits per heavy atom. The van der Waals surface area contributed by atoms with Crippen LogP contribution in [0.25, 0.3) is 87.8 Å². The first-order valence-electron chi connectivity index (χ1n) is 22.1. The molecule has 0 bridgehead atoms. The van der Waals surface area contributed by atoms with Crippen LogP contribution in [0.3, 0.4) is 0 Å². The van der Waals surface area contributed by atoms with Gasteiger partial charge in [-0.05, 0) is 110 Å². The van der Waals surface area contributed by atoms with Gasteiger partial charge in [0, 0.05) is 38.3 Å². The lowest BCUT2D eigenvalue weighted by molar-refractivity contribution is 0.667. The van der Waals surface area contributed by atoms with Crippen molar-refractivity contribution < 1.29 is 8.83 Å². The Bertz CT molecular complexity index is 3980. The third-order valence-corrected chi connectivity index (χ3v) is 13.7. The van der Waals surface area contributed by atoms with E-state index < -0.39 is 0 Å². The predicted octanol–water partition coefficient (Wildman–Crippen LogP) is 16.6. The van der Waals surface area contributed by atoms with Crippen LogP contribution in [0.4, 0.5) is 28.4 Å². The Morgan fingerprint density at radius 1 is 0.438 bits per heavy atom. The van der Waals surface area contributed by atoms with Crippen molar-refractivity contribution in [1.82, 2.24) is 0 Å². The molecule has 0 aliphatic heterocycles. The first kappa shape index (κ1) is 35.3. The van der Waals surface area contributed by atoms with Crippen molar-refractivity contribution in [1.29, 1.82) is 0 Å². The monoisotopic (exact) mass is 818 g/mol. The second-order valence-electron chi connectivity index (χ2n) is 17.1. The highest BCUT2D eigenvalue weighted by Gasteiger charge is 2.34. The number of benzene rings is 10. The lowest BCUT2D eigenvalue weighted by Crippen LogP contribution is -2.33. The number of hydrogen-bond donors (Lipinski definition) is 0. The van der Waals surface area contributed by atoms with Gasteiger partial charge in [-0.3, -0.25) is 0 Å². The van der Waals surface area contributed by atoms with Crippen molar-refractivity contribution in [2.45, 2.75) is 12.5 Å². The summed E-state index contributed by atoms with van der Waals surface area (Å²) in [6.45, 7) is 0. The summed E-state index contributed by atoms with van der Waals surface area (Å²) >= 11 is 0. The average Bonchev–Trinajstić information content (AvgIpc) is 3.94. The first-order valence-corrected chi connectivity index (χ1v) is 22.1. The molecule has 0 radical (unpaired) electrons. The number of fused-ring (bicyclic) bond motifs is 8. The van der Waals surface area contributed by atoms with Crippen molar-refractivity contribution in [3.63, 3.8) is 0 Å². The summed E-state index contributed by atoms with van der Waals surface area (Å²) in [4.78, 5) is 4.92. The predicted molar refractivity (Wildman–Crippen MR) is 268 cm³/mol.